The molecule has 63 heavy (non-hydrogen) atoms. The van der Waals surface area contributed by atoms with Crippen LogP contribution in [0, 0.1) is 0 Å². The molecule has 0 amide bonds. The molecule has 3 N–H and O–H groups in total. The molecule has 0 aliphatic rings. The maximum atomic E-state index is 13.1. The minimum Gasteiger partial charge on any atom is -0.872 e. The quantitative estimate of drug-likeness (QED) is 0.0845. The number of nitrogens with zero attached hydrogens (tertiary/aromatic N) is 6. The van der Waals surface area contributed by atoms with E-state index < -0.39 is 73.4 Å². The Morgan fingerprint density at radius 1 is 0.524 bits per heavy atom. The van der Waals surface area contributed by atoms with Gasteiger partial charge < -0.3 is 20.1 Å². The molecule has 0 atom stereocenters. The number of benzene rings is 7. The molecule has 0 radical (unpaired) electrons. The Morgan fingerprint density at radius 3 is 1.71 bits per heavy atom. The van der Waals surface area contributed by atoms with E-state index in [9.17, 15) is 54.2 Å². The van der Waals surface area contributed by atoms with E-state index in [4.69, 9.17) is 16.3 Å². The van der Waals surface area contributed by atoms with Crippen LogP contribution < -0.4 is 109 Å². The second-order valence-electron chi connectivity index (χ2n) is 12.5. The monoisotopic (exact) mass is 958 g/mol. The SMILES string of the molecule is COc1cc(N=Nc2cc(S(=O)(=O)O)c3cccc([O-])c3c2[O-])c(Cl)cc1N=Nc1ccc(N=Nc2c([O-])ccc3ccc(S(=O)(=O)O)cc23)c2ccc(S(=O)(=O)O)cc12.[Na+].[Na+].[Na+]. The molecule has 0 bridgehead atoms. The van der Waals surface area contributed by atoms with Crippen LogP contribution in [-0.2, 0) is 30.4 Å². The van der Waals surface area contributed by atoms with Gasteiger partial charge in [0.25, 0.3) is 30.4 Å². The van der Waals surface area contributed by atoms with Gasteiger partial charge in [0.05, 0.1) is 44.7 Å². The van der Waals surface area contributed by atoms with Gasteiger partial charge >= 0.3 is 88.7 Å². The van der Waals surface area contributed by atoms with Gasteiger partial charge in [0.1, 0.15) is 22.0 Å². The van der Waals surface area contributed by atoms with Crippen molar-refractivity contribution in [3.63, 3.8) is 0 Å². The molecular formula is C37H22ClN6Na3O13S3. The Bertz CT molecular complexity index is 3420. The van der Waals surface area contributed by atoms with E-state index in [2.05, 4.69) is 30.7 Å². The van der Waals surface area contributed by atoms with Gasteiger partial charge in [-0.05, 0) is 59.3 Å². The van der Waals surface area contributed by atoms with Crippen molar-refractivity contribution >= 4 is 108 Å². The Morgan fingerprint density at radius 2 is 1.08 bits per heavy atom. The van der Waals surface area contributed by atoms with Crippen molar-refractivity contribution in [2.24, 2.45) is 30.7 Å². The molecule has 0 unspecified atom stereocenters. The largest absolute Gasteiger partial charge is 1.00 e. The Hall–Kier alpha value is -3.66. The Balaban J connectivity index is 0.00000290. The van der Waals surface area contributed by atoms with E-state index in [1.807, 2.05) is 0 Å². The average molecular weight is 959 g/mol. The molecular weight excluding hydrogens is 937 g/mol. The second kappa shape index (κ2) is 20.2. The third-order valence-electron chi connectivity index (χ3n) is 8.80. The fraction of sp³-hybridized carbons (Fsp3) is 0.0270. The third-order valence-corrected chi connectivity index (χ3v) is 11.7. The smallest absolute Gasteiger partial charge is 0.872 e. The predicted molar refractivity (Wildman–Crippen MR) is 210 cm³/mol. The number of azo groups is 3. The van der Waals surface area contributed by atoms with E-state index in [0.29, 0.717) is 5.39 Å². The molecule has 0 aliphatic carbocycles. The standard InChI is InChI=1S/C37H25ClN6O13S3.3Na/c1-57-33-16-28(41-43-30-17-34(60(54,55)56)22-3-2-4-31(45)35(22)37(30)47)25(38)15-29(33)42-39-27-11-10-26(21-9-8-20(14-24(21)27)59(51,52)53)40-44-36-23-13-19(58(48,49)50)7-5-18(23)6-12-32(36)46;;;/h2-17,45-47H,1H3,(H,48,49,50)(H,51,52,53)(H,54,55,56);;;/q;3*+1/p-3. The maximum Gasteiger partial charge on any atom is 1.00 e. The van der Waals surface area contributed by atoms with Gasteiger partial charge in [0, 0.05) is 27.6 Å². The summed E-state index contributed by atoms with van der Waals surface area (Å²) < 4.78 is 107. The third kappa shape index (κ3) is 11.1. The zero-order valence-electron chi connectivity index (χ0n) is 32.9. The first-order valence-corrected chi connectivity index (χ1v) is 21.2. The van der Waals surface area contributed by atoms with Crippen LogP contribution in [0.5, 0.6) is 23.0 Å². The number of rotatable bonds is 10. The summed E-state index contributed by atoms with van der Waals surface area (Å²) in [5.74, 6) is -2.41. The van der Waals surface area contributed by atoms with Gasteiger partial charge in [0.2, 0.25) is 0 Å². The topological polar surface area (TPSA) is 316 Å². The fourth-order valence-corrected chi connectivity index (χ4v) is 7.90. The van der Waals surface area contributed by atoms with Crippen molar-refractivity contribution in [3.8, 4) is 23.0 Å². The van der Waals surface area contributed by atoms with Crippen LogP contribution in [0.15, 0.2) is 142 Å². The summed E-state index contributed by atoms with van der Waals surface area (Å²) in [6.07, 6.45) is 0. The Kier molecular flexibility index (Phi) is 16.7. The van der Waals surface area contributed by atoms with Crippen molar-refractivity contribution in [1.82, 2.24) is 0 Å². The average Bonchev–Trinajstić information content (AvgIpc) is 3.18. The number of halogens is 1. The minimum atomic E-state index is -4.91. The van der Waals surface area contributed by atoms with Crippen molar-refractivity contribution in [1.29, 1.82) is 0 Å². The minimum absolute atomic E-state index is 0. The summed E-state index contributed by atoms with van der Waals surface area (Å²) in [5, 5.41) is 62.7. The second-order valence-corrected chi connectivity index (χ2v) is 17.1. The maximum absolute atomic E-state index is 13.1. The van der Waals surface area contributed by atoms with Gasteiger partial charge in [-0.25, -0.2) is 0 Å². The molecule has 7 rings (SSSR count). The Labute approximate surface area is 428 Å². The fourth-order valence-electron chi connectivity index (χ4n) is 5.98. The number of hydrogen-bond donors (Lipinski definition) is 3. The van der Waals surface area contributed by atoms with Gasteiger partial charge in [-0.3, -0.25) is 13.7 Å². The van der Waals surface area contributed by atoms with Crippen molar-refractivity contribution in [2.45, 2.75) is 14.7 Å². The van der Waals surface area contributed by atoms with Crippen molar-refractivity contribution < 1.29 is 148 Å². The molecule has 0 saturated carbocycles. The van der Waals surface area contributed by atoms with Crippen molar-refractivity contribution in [3.05, 3.63) is 102 Å². The predicted octanol–water partition coefficient (Wildman–Crippen LogP) is -0.973. The molecule has 0 aliphatic heterocycles. The van der Waals surface area contributed by atoms with E-state index in [1.165, 1.54) is 67.8 Å². The molecule has 0 fully saturated rings. The molecule has 0 aromatic heterocycles. The van der Waals surface area contributed by atoms with Crippen LogP contribution in [0.4, 0.5) is 34.1 Å². The van der Waals surface area contributed by atoms with Crippen LogP contribution in [0.1, 0.15) is 0 Å². The molecule has 0 saturated heterocycles. The first kappa shape index (κ1) is 52.0. The number of ether oxygens (including phenoxy) is 1. The van der Waals surface area contributed by atoms with E-state index in [-0.39, 0.29) is 149 Å². The van der Waals surface area contributed by atoms with Crippen LogP contribution in [0.3, 0.4) is 0 Å². The van der Waals surface area contributed by atoms with E-state index >= 15 is 0 Å². The van der Waals surface area contributed by atoms with Crippen molar-refractivity contribution in [2.75, 3.05) is 7.11 Å². The summed E-state index contributed by atoms with van der Waals surface area (Å²) in [4.78, 5) is -1.75. The normalized spacial score (nSPS) is 12.2. The molecule has 306 valence electrons. The van der Waals surface area contributed by atoms with Gasteiger partial charge in [0.15, 0.2) is 0 Å². The molecule has 7 aromatic carbocycles. The molecule has 7 aromatic rings. The number of fused-ring (bicyclic) bond motifs is 3. The summed E-state index contributed by atoms with van der Waals surface area (Å²) in [6.45, 7) is 0. The zero-order valence-corrected chi connectivity index (χ0v) is 42.2. The molecule has 0 heterocycles. The van der Waals surface area contributed by atoms with Crippen LogP contribution in [0.2, 0.25) is 5.02 Å². The van der Waals surface area contributed by atoms with E-state index in [0.717, 1.165) is 36.4 Å². The summed E-state index contributed by atoms with van der Waals surface area (Å²) >= 11 is 6.46. The van der Waals surface area contributed by atoms with E-state index in [1.54, 1.807) is 0 Å². The summed E-state index contributed by atoms with van der Waals surface area (Å²) in [6, 6.07) is 19.1. The summed E-state index contributed by atoms with van der Waals surface area (Å²) in [5.41, 5.74) is -0.889. The van der Waals surface area contributed by atoms with Crippen LogP contribution >= 0.6 is 11.6 Å². The molecule has 26 heteroatoms. The first-order chi connectivity index (χ1) is 28.2. The zero-order chi connectivity index (χ0) is 43.3. The van der Waals surface area contributed by atoms with Gasteiger partial charge in [-0.15, -0.1) is 26.2 Å². The van der Waals surface area contributed by atoms with Gasteiger partial charge in [-0.1, -0.05) is 65.6 Å². The molecule has 19 nitrogen and oxygen atoms in total. The van der Waals surface area contributed by atoms with Crippen LogP contribution in [0.25, 0.3) is 32.3 Å². The number of hydrogen-bond acceptors (Lipinski definition) is 16. The van der Waals surface area contributed by atoms with Gasteiger partial charge in [-0.2, -0.15) is 35.5 Å². The summed E-state index contributed by atoms with van der Waals surface area (Å²) in [7, 11) is -13.0. The first-order valence-electron chi connectivity index (χ1n) is 16.5. The number of methoxy groups -OCH3 is 1. The van der Waals surface area contributed by atoms with Crippen LogP contribution in [-0.4, -0.2) is 46.0 Å². The molecule has 0 spiro atoms.